The van der Waals surface area contributed by atoms with Gasteiger partial charge in [-0.3, -0.25) is 0 Å². The number of fused-ring (bicyclic) bond motifs is 6. The zero-order chi connectivity index (χ0) is 43.2. The maximum Gasteiger partial charge on any atom is 0.140 e. The molecule has 11 aromatic carbocycles. The Bertz CT molecular complexity index is 3300. The highest BCUT2D eigenvalue weighted by Gasteiger charge is 2.46. The van der Waals surface area contributed by atoms with E-state index in [1.165, 1.54) is 33.4 Å². The SMILES string of the molecule is c1ccc(-c2ccc(N(c3ccc(-c4ccccc4)cc3)c3cccc(-c4ccc(C5(c6ccccc6)c6ccc7ccccc7c6Oc6c5ccc5ccccc65)cc4)c3)cc2)cc1. The van der Waals surface area contributed by atoms with Gasteiger partial charge in [0.25, 0.3) is 0 Å². The average molecular weight is 830 g/mol. The van der Waals surface area contributed by atoms with Gasteiger partial charge in [0.2, 0.25) is 0 Å². The number of hydrogen-bond acceptors (Lipinski definition) is 2. The Labute approximate surface area is 379 Å². The summed E-state index contributed by atoms with van der Waals surface area (Å²) in [6.07, 6.45) is 0. The Morgan fingerprint density at radius 2 is 0.677 bits per heavy atom. The predicted octanol–water partition coefficient (Wildman–Crippen LogP) is 17.0. The van der Waals surface area contributed by atoms with Gasteiger partial charge in [-0.2, -0.15) is 0 Å². The van der Waals surface area contributed by atoms with Gasteiger partial charge in [-0.25, -0.2) is 0 Å². The van der Waals surface area contributed by atoms with Crippen LogP contribution in [0.15, 0.2) is 261 Å². The minimum atomic E-state index is -0.659. The second-order valence-electron chi connectivity index (χ2n) is 16.8. The molecule has 0 unspecified atom stereocenters. The van der Waals surface area contributed by atoms with Gasteiger partial charge in [0.1, 0.15) is 11.5 Å². The van der Waals surface area contributed by atoms with Crippen LogP contribution in [0.5, 0.6) is 11.5 Å². The van der Waals surface area contributed by atoms with Gasteiger partial charge in [-0.05, 0) is 91.7 Å². The van der Waals surface area contributed by atoms with E-state index in [2.05, 4.69) is 266 Å². The van der Waals surface area contributed by atoms with Crippen molar-refractivity contribution in [2.24, 2.45) is 0 Å². The first-order valence-corrected chi connectivity index (χ1v) is 22.3. The van der Waals surface area contributed by atoms with E-state index in [0.717, 1.165) is 72.4 Å². The highest BCUT2D eigenvalue weighted by atomic mass is 16.5. The summed E-state index contributed by atoms with van der Waals surface area (Å²) >= 11 is 0. The molecule has 2 nitrogen and oxygen atoms in total. The fraction of sp³-hybridized carbons (Fsp3) is 0.0159. The van der Waals surface area contributed by atoms with E-state index < -0.39 is 5.41 Å². The van der Waals surface area contributed by atoms with E-state index in [4.69, 9.17) is 4.74 Å². The molecule has 0 aromatic heterocycles. The van der Waals surface area contributed by atoms with Gasteiger partial charge < -0.3 is 9.64 Å². The smallest absolute Gasteiger partial charge is 0.140 e. The molecule has 0 amide bonds. The molecule has 1 aliphatic rings. The van der Waals surface area contributed by atoms with Crippen LogP contribution in [0.2, 0.25) is 0 Å². The summed E-state index contributed by atoms with van der Waals surface area (Å²) in [7, 11) is 0. The molecular formula is C63H43NO. The largest absolute Gasteiger partial charge is 0.455 e. The molecular weight excluding hydrogens is 787 g/mol. The number of benzene rings is 11. The molecule has 0 N–H and O–H groups in total. The van der Waals surface area contributed by atoms with Crippen LogP contribution < -0.4 is 9.64 Å². The zero-order valence-corrected chi connectivity index (χ0v) is 35.7. The molecule has 0 radical (unpaired) electrons. The number of hydrogen-bond donors (Lipinski definition) is 0. The molecule has 0 aliphatic carbocycles. The molecule has 12 rings (SSSR count). The minimum absolute atomic E-state index is 0.659. The lowest BCUT2D eigenvalue weighted by Crippen LogP contribution is -2.34. The fourth-order valence-corrected chi connectivity index (χ4v) is 10.1. The molecule has 1 heterocycles. The average Bonchev–Trinajstić information content (AvgIpc) is 3.39. The molecule has 0 saturated heterocycles. The third kappa shape index (κ3) is 6.58. The highest BCUT2D eigenvalue weighted by Crippen LogP contribution is 2.58. The Balaban J connectivity index is 0.993. The Hall–Kier alpha value is -8.46. The molecule has 0 atom stereocenters. The first-order chi connectivity index (χ1) is 32.2. The number of anilines is 3. The van der Waals surface area contributed by atoms with E-state index in [9.17, 15) is 0 Å². The second kappa shape index (κ2) is 16.0. The Morgan fingerprint density at radius 1 is 0.277 bits per heavy atom. The van der Waals surface area contributed by atoms with Crippen LogP contribution in [0.1, 0.15) is 22.3 Å². The van der Waals surface area contributed by atoms with Crippen LogP contribution >= 0.6 is 0 Å². The molecule has 11 aromatic rings. The first kappa shape index (κ1) is 38.2. The molecule has 0 bridgehead atoms. The quantitative estimate of drug-likeness (QED) is 0.151. The van der Waals surface area contributed by atoms with Crippen molar-refractivity contribution in [2.45, 2.75) is 5.41 Å². The van der Waals surface area contributed by atoms with Crippen LogP contribution in [0.25, 0.3) is 54.9 Å². The lowest BCUT2D eigenvalue weighted by Gasteiger charge is -2.42. The molecule has 65 heavy (non-hydrogen) atoms. The number of rotatable bonds is 8. The molecule has 1 aliphatic heterocycles. The zero-order valence-electron chi connectivity index (χ0n) is 35.7. The van der Waals surface area contributed by atoms with Crippen LogP contribution in [-0.2, 0) is 5.41 Å². The van der Waals surface area contributed by atoms with Crippen molar-refractivity contribution in [3.8, 4) is 44.9 Å². The van der Waals surface area contributed by atoms with Crippen LogP contribution in [0, 0.1) is 0 Å². The molecule has 306 valence electrons. The summed E-state index contributed by atoms with van der Waals surface area (Å²) in [5.41, 5.74) is 14.3. The van der Waals surface area contributed by atoms with Crippen molar-refractivity contribution in [1.29, 1.82) is 0 Å². The van der Waals surface area contributed by atoms with Gasteiger partial charge in [0, 0.05) is 39.0 Å². The summed E-state index contributed by atoms with van der Waals surface area (Å²) in [6.45, 7) is 0. The third-order valence-corrected chi connectivity index (χ3v) is 13.2. The van der Waals surface area contributed by atoms with E-state index in [1.54, 1.807) is 0 Å². The summed E-state index contributed by atoms with van der Waals surface area (Å²) in [4.78, 5) is 2.36. The van der Waals surface area contributed by atoms with Gasteiger partial charge >= 0.3 is 0 Å². The number of ether oxygens (including phenoxy) is 1. The summed E-state index contributed by atoms with van der Waals surface area (Å²) < 4.78 is 7.16. The van der Waals surface area contributed by atoms with Crippen LogP contribution in [-0.4, -0.2) is 0 Å². The standard InChI is InChI=1S/C63H43NO/c1-4-15-44(16-5-1)46-29-37-54(38-30-46)64(55-39-31-47(32-40-55)45-17-6-2-7-18-45)56-24-14-21-51(43-56)48-27-35-53(36-28-48)63(52-22-8-3-9-23-52)59-41-33-49-19-10-12-25-57(49)61(59)65-62-58-26-13-11-20-50(58)34-42-60(62)63/h1-43H. The minimum Gasteiger partial charge on any atom is -0.455 e. The van der Waals surface area contributed by atoms with Crippen molar-refractivity contribution >= 4 is 38.6 Å². The Morgan fingerprint density at radius 3 is 1.20 bits per heavy atom. The highest BCUT2D eigenvalue weighted by molar-refractivity contribution is 5.97. The monoisotopic (exact) mass is 829 g/mol. The molecule has 2 heteroatoms. The third-order valence-electron chi connectivity index (χ3n) is 13.2. The maximum absolute atomic E-state index is 7.16. The van der Waals surface area contributed by atoms with Gasteiger partial charge in [0.15, 0.2) is 0 Å². The fourth-order valence-electron chi connectivity index (χ4n) is 10.1. The molecule has 0 spiro atoms. The maximum atomic E-state index is 7.16. The van der Waals surface area contributed by atoms with E-state index in [-0.39, 0.29) is 0 Å². The van der Waals surface area contributed by atoms with Crippen molar-refractivity contribution in [3.05, 3.63) is 283 Å². The number of nitrogens with zero attached hydrogens (tertiary/aromatic N) is 1. The van der Waals surface area contributed by atoms with E-state index >= 15 is 0 Å². The normalized spacial score (nSPS) is 12.6. The summed E-state index contributed by atoms with van der Waals surface area (Å²) in [6, 6.07) is 94.3. The van der Waals surface area contributed by atoms with Crippen LogP contribution in [0.4, 0.5) is 17.1 Å². The van der Waals surface area contributed by atoms with Crippen LogP contribution in [0.3, 0.4) is 0 Å². The lowest BCUT2D eigenvalue weighted by atomic mass is 9.63. The van der Waals surface area contributed by atoms with Gasteiger partial charge in [-0.1, -0.05) is 224 Å². The summed E-state index contributed by atoms with van der Waals surface area (Å²) in [5.74, 6) is 1.81. The Kier molecular flexibility index (Phi) is 9.43. The molecule has 0 fully saturated rings. The van der Waals surface area contributed by atoms with Gasteiger partial charge in [0.05, 0.1) is 5.41 Å². The van der Waals surface area contributed by atoms with E-state index in [1.807, 2.05) is 0 Å². The van der Waals surface area contributed by atoms with E-state index in [0.29, 0.717) is 0 Å². The predicted molar refractivity (Wildman–Crippen MR) is 271 cm³/mol. The topological polar surface area (TPSA) is 12.5 Å². The summed E-state index contributed by atoms with van der Waals surface area (Å²) in [5, 5.41) is 4.51. The second-order valence-corrected chi connectivity index (χ2v) is 16.8. The van der Waals surface area contributed by atoms with Crippen molar-refractivity contribution in [3.63, 3.8) is 0 Å². The van der Waals surface area contributed by atoms with Crippen molar-refractivity contribution in [1.82, 2.24) is 0 Å². The van der Waals surface area contributed by atoms with Gasteiger partial charge in [-0.15, -0.1) is 0 Å². The van der Waals surface area contributed by atoms with Crippen molar-refractivity contribution in [2.75, 3.05) is 4.90 Å². The first-order valence-electron chi connectivity index (χ1n) is 22.3. The molecule has 0 saturated carbocycles. The lowest BCUT2D eigenvalue weighted by molar-refractivity contribution is 0.445. The van der Waals surface area contributed by atoms with Crippen molar-refractivity contribution < 1.29 is 4.74 Å².